The van der Waals surface area contributed by atoms with Crippen LogP contribution in [0.1, 0.15) is 31.0 Å². The molecule has 0 radical (unpaired) electrons. The largest absolute Gasteiger partial charge is 0.382 e. The van der Waals surface area contributed by atoms with Gasteiger partial charge < -0.3 is 5.73 Å². The third-order valence-electron chi connectivity index (χ3n) is 5.97. The maximum absolute atomic E-state index is 6.28. The molecule has 5 aromatic rings. The van der Waals surface area contributed by atoms with Gasteiger partial charge in [-0.05, 0) is 18.9 Å². The second-order valence-electron chi connectivity index (χ2n) is 7.81. The molecule has 1 fully saturated rings. The van der Waals surface area contributed by atoms with E-state index in [-0.39, 0.29) is 0 Å². The number of imidazole rings is 1. The lowest BCUT2D eigenvalue weighted by atomic mass is 9.85. The molecule has 6 nitrogen and oxygen atoms in total. The molecule has 6 heteroatoms. The summed E-state index contributed by atoms with van der Waals surface area (Å²) >= 11 is 0. The average molecular weight is 392 g/mol. The Hall–Kier alpha value is -3.80. The Kier molecular flexibility index (Phi) is 3.77. The van der Waals surface area contributed by atoms with Gasteiger partial charge in [0.05, 0.1) is 5.52 Å². The highest BCUT2D eigenvalue weighted by molar-refractivity contribution is 5.90. The molecule has 0 saturated heterocycles. The van der Waals surface area contributed by atoms with Gasteiger partial charge in [0.15, 0.2) is 5.82 Å². The number of nitrogens with two attached hydrogens (primary N) is 1. The summed E-state index contributed by atoms with van der Waals surface area (Å²) in [4.78, 5) is 18.7. The van der Waals surface area contributed by atoms with Gasteiger partial charge in [0, 0.05) is 41.0 Å². The van der Waals surface area contributed by atoms with Crippen molar-refractivity contribution in [3.63, 3.8) is 0 Å². The van der Waals surface area contributed by atoms with Crippen molar-refractivity contribution in [1.29, 1.82) is 0 Å². The molecule has 1 aliphatic carbocycles. The molecule has 3 heterocycles. The van der Waals surface area contributed by atoms with Gasteiger partial charge in [-0.15, -0.1) is 0 Å². The van der Waals surface area contributed by atoms with Crippen molar-refractivity contribution in [3.05, 3.63) is 72.9 Å². The van der Waals surface area contributed by atoms with Gasteiger partial charge >= 0.3 is 0 Å². The van der Waals surface area contributed by atoms with E-state index in [1.807, 2.05) is 48.8 Å². The molecule has 0 unspecified atom stereocenters. The van der Waals surface area contributed by atoms with Gasteiger partial charge in [0.1, 0.15) is 22.9 Å². The lowest BCUT2D eigenvalue weighted by Crippen LogP contribution is -2.12. The Morgan fingerprint density at radius 2 is 1.80 bits per heavy atom. The standard InChI is InChI=1S/C24H20N6/c25-22-21-20(29-24(16-7-4-8-16)30(21)12-11-26-22)17-9-10-18-14-27-23(28-19(18)13-17)15-5-2-1-3-6-15/h1-3,5-6,9-14,16H,4,7-8H2,(H2,25,26). The van der Waals surface area contributed by atoms with Crippen LogP contribution in [0.2, 0.25) is 0 Å². The van der Waals surface area contributed by atoms with Crippen molar-refractivity contribution in [2.75, 3.05) is 5.73 Å². The van der Waals surface area contributed by atoms with Crippen LogP contribution in [0.25, 0.3) is 39.1 Å². The van der Waals surface area contributed by atoms with E-state index in [4.69, 9.17) is 15.7 Å². The third kappa shape index (κ3) is 2.64. The van der Waals surface area contributed by atoms with E-state index in [2.05, 4.69) is 26.5 Å². The van der Waals surface area contributed by atoms with Crippen LogP contribution < -0.4 is 5.73 Å². The summed E-state index contributed by atoms with van der Waals surface area (Å²) in [6.45, 7) is 0. The third-order valence-corrected chi connectivity index (χ3v) is 5.97. The summed E-state index contributed by atoms with van der Waals surface area (Å²) in [5, 5.41) is 0.993. The van der Waals surface area contributed by atoms with E-state index in [9.17, 15) is 0 Å². The van der Waals surface area contributed by atoms with Crippen LogP contribution in [0.4, 0.5) is 5.82 Å². The minimum atomic E-state index is 0.487. The number of aromatic nitrogens is 5. The number of benzene rings is 2. The molecule has 0 amide bonds. The zero-order valence-electron chi connectivity index (χ0n) is 16.4. The maximum Gasteiger partial charge on any atom is 0.159 e. The normalized spacial score (nSPS) is 14.3. The average Bonchev–Trinajstić information content (AvgIpc) is 3.13. The fourth-order valence-corrected chi connectivity index (χ4v) is 4.14. The van der Waals surface area contributed by atoms with E-state index >= 15 is 0 Å². The van der Waals surface area contributed by atoms with Gasteiger partial charge in [0.25, 0.3) is 0 Å². The number of fused-ring (bicyclic) bond motifs is 2. The molecule has 0 aliphatic heterocycles. The maximum atomic E-state index is 6.28. The van der Waals surface area contributed by atoms with E-state index in [0.29, 0.717) is 17.6 Å². The Balaban J connectivity index is 1.53. The first-order valence-electron chi connectivity index (χ1n) is 10.2. The quantitative estimate of drug-likeness (QED) is 0.474. The molecule has 0 atom stereocenters. The van der Waals surface area contributed by atoms with Gasteiger partial charge in [-0.1, -0.05) is 48.9 Å². The Bertz CT molecular complexity index is 1390. The highest BCUT2D eigenvalue weighted by Gasteiger charge is 2.26. The molecule has 2 N–H and O–H groups in total. The first-order chi connectivity index (χ1) is 14.8. The lowest BCUT2D eigenvalue weighted by molar-refractivity contribution is 0.400. The monoisotopic (exact) mass is 392 g/mol. The first-order valence-corrected chi connectivity index (χ1v) is 10.2. The molecule has 3 aromatic heterocycles. The summed E-state index contributed by atoms with van der Waals surface area (Å²) in [5.41, 5.74) is 10.9. The predicted octanol–water partition coefficient (Wildman–Crippen LogP) is 4.86. The highest BCUT2D eigenvalue weighted by Crippen LogP contribution is 2.39. The van der Waals surface area contributed by atoms with Crippen molar-refractivity contribution >= 4 is 22.2 Å². The van der Waals surface area contributed by atoms with E-state index in [1.165, 1.54) is 19.3 Å². The molecule has 146 valence electrons. The van der Waals surface area contributed by atoms with Gasteiger partial charge in [-0.2, -0.15) is 0 Å². The van der Waals surface area contributed by atoms with Crippen LogP contribution in [0.5, 0.6) is 0 Å². The minimum absolute atomic E-state index is 0.487. The van der Waals surface area contributed by atoms with E-state index in [1.54, 1.807) is 6.20 Å². The van der Waals surface area contributed by atoms with E-state index < -0.39 is 0 Å². The topological polar surface area (TPSA) is 82.0 Å². The molecule has 1 aliphatic rings. The highest BCUT2D eigenvalue weighted by atomic mass is 15.1. The fourth-order valence-electron chi connectivity index (χ4n) is 4.14. The predicted molar refractivity (Wildman–Crippen MR) is 118 cm³/mol. The van der Waals surface area contributed by atoms with Crippen LogP contribution in [0, 0.1) is 0 Å². The zero-order valence-corrected chi connectivity index (χ0v) is 16.4. The Morgan fingerprint density at radius 3 is 2.60 bits per heavy atom. The van der Waals surface area contributed by atoms with Crippen LogP contribution in [-0.2, 0) is 0 Å². The Morgan fingerprint density at radius 1 is 0.933 bits per heavy atom. The van der Waals surface area contributed by atoms with E-state index in [0.717, 1.165) is 39.1 Å². The van der Waals surface area contributed by atoms with Crippen molar-refractivity contribution in [3.8, 4) is 22.6 Å². The number of nitrogen functional groups attached to an aromatic ring is 1. The van der Waals surface area contributed by atoms with Crippen molar-refractivity contribution < 1.29 is 0 Å². The second-order valence-corrected chi connectivity index (χ2v) is 7.81. The molecule has 1 saturated carbocycles. The van der Waals surface area contributed by atoms with Crippen LogP contribution in [-0.4, -0.2) is 24.3 Å². The van der Waals surface area contributed by atoms with Crippen molar-refractivity contribution in [2.45, 2.75) is 25.2 Å². The molecule has 30 heavy (non-hydrogen) atoms. The molecular formula is C24H20N6. The number of hydrogen-bond donors (Lipinski definition) is 1. The number of anilines is 1. The van der Waals surface area contributed by atoms with Gasteiger partial charge in [-0.3, -0.25) is 4.40 Å². The minimum Gasteiger partial charge on any atom is -0.382 e. The number of nitrogens with zero attached hydrogens (tertiary/aromatic N) is 5. The SMILES string of the molecule is Nc1nccn2c(C3CCC3)nc(-c3ccc4cnc(-c5ccccc5)nc4c3)c12. The van der Waals surface area contributed by atoms with Crippen molar-refractivity contribution in [1.82, 2.24) is 24.3 Å². The first kappa shape index (κ1) is 17.1. The summed E-state index contributed by atoms with van der Waals surface area (Å²) < 4.78 is 2.11. The zero-order chi connectivity index (χ0) is 20.1. The molecular weight excluding hydrogens is 372 g/mol. The van der Waals surface area contributed by atoms with Gasteiger partial charge in [0.2, 0.25) is 0 Å². The smallest absolute Gasteiger partial charge is 0.159 e. The summed E-state index contributed by atoms with van der Waals surface area (Å²) in [6.07, 6.45) is 9.18. The molecule has 2 aromatic carbocycles. The number of rotatable bonds is 3. The molecule has 6 rings (SSSR count). The molecule has 0 spiro atoms. The van der Waals surface area contributed by atoms with Crippen molar-refractivity contribution in [2.24, 2.45) is 0 Å². The summed E-state index contributed by atoms with van der Waals surface area (Å²) in [5.74, 6) is 2.78. The lowest BCUT2D eigenvalue weighted by Gasteiger charge is -2.23. The fraction of sp³-hybridized carbons (Fsp3) is 0.167. The van der Waals surface area contributed by atoms with Crippen LogP contribution >= 0.6 is 0 Å². The van der Waals surface area contributed by atoms with Gasteiger partial charge in [-0.25, -0.2) is 19.9 Å². The summed E-state index contributed by atoms with van der Waals surface area (Å²) in [7, 11) is 0. The molecule has 0 bridgehead atoms. The Labute approximate surface area is 173 Å². The van der Waals surface area contributed by atoms with Crippen LogP contribution in [0.15, 0.2) is 67.1 Å². The summed E-state index contributed by atoms with van der Waals surface area (Å²) in [6, 6.07) is 16.2. The van der Waals surface area contributed by atoms with Crippen LogP contribution in [0.3, 0.4) is 0 Å². The number of hydrogen-bond acceptors (Lipinski definition) is 5. The second kappa shape index (κ2) is 6.62.